The largest absolute Gasteiger partial charge is 0.383 e. The van der Waals surface area contributed by atoms with Crippen molar-refractivity contribution in [2.45, 2.75) is 0 Å². The molecule has 0 fully saturated rings. The van der Waals surface area contributed by atoms with E-state index < -0.39 is 11.8 Å². The van der Waals surface area contributed by atoms with Crippen LogP contribution in [-0.4, -0.2) is 30.8 Å². The smallest absolute Gasteiger partial charge is 0.262 e. The lowest BCUT2D eigenvalue weighted by Crippen LogP contribution is -2.27. The number of rotatable bonds is 5. The van der Waals surface area contributed by atoms with E-state index in [4.69, 9.17) is 23.2 Å². The third-order valence-corrected chi connectivity index (χ3v) is 3.58. The van der Waals surface area contributed by atoms with Crippen LogP contribution in [0.1, 0.15) is 0 Å². The number of carbonyl (C=O) groups is 2. The molecular weight excluding hydrogens is 361 g/mol. The maximum Gasteiger partial charge on any atom is 0.262 e. The van der Waals surface area contributed by atoms with Crippen LogP contribution in [0, 0.1) is 0 Å². The zero-order valence-electron chi connectivity index (χ0n) is 13.7. The monoisotopic (exact) mass is 377 g/mol. The van der Waals surface area contributed by atoms with Crippen molar-refractivity contribution in [1.82, 2.24) is 4.90 Å². The molecule has 0 heterocycles. The molecule has 7 heteroatoms. The maximum atomic E-state index is 12.5. The minimum Gasteiger partial charge on any atom is -0.383 e. The number of carbonyl (C=O) groups excluding carboxylic acids is 2. The highest BCUT2D eigenvalue weighted by molar-refractivity contribution is 6.31. The van der Waals surface area contributed by atoms with Gasteiger partial charge in [0, 0.05) is 41.7 Å². The van der Waals surface area contributed by atoms with E-state index in [0.717, 1.165) is 0 Å². The molecule has 0 aliphatic carbocycles. The Morgan fingerprint density at radius 3 is 1.48 bits per heavy atom. The highest BCUT2D eigenvalue weighted by atomic mass is 35.5. The zero-order chi connectivity index (χ0) is 18.4. The van der Waals surface area contributed by atoms with Crippen molar-refractivity contribution in [2.24, 2.45) is 0 Å². The normalized spacial score (nSPS) is 9.92. The first-order chi connectivity index (χ1) is 11.8. The van der Waals surface area contributed by atoms with Crippen molar-refractivity contribution in [2.75, 3.05) is 24.7 Å². The molecule has 0 aliphatic heterocycles. The molecule has 0 saturated carbocycles. The minimum atomic E-state index is -0.525. The maximum absolute atomic E-state index is 12.5. The average Bonchev–Trinajstić information content (AvgIpc) is 2.56. The van der Waals surface area contributed by atoms with Gasteiger partial charge in [-0.05, 0) is 48.5 Å². The number of halogens is 2. The predicted molar refractivity (Wildman–Crippen MR) is 102 cm³/mol. The molecule has 0 aliphatic rings. The lowest BCUT2D eigenvalue weighted by Gasteiger charge is -2.13. The van der Waals surface area contributed by atoms with Gasteiger partial charge < -0.3 is 15.5 Å². The summed E-state index contributed by atoms with van der Waals surface area (Å²) in [4.78, 5) is 26.6. The first-order valence-electron chi connectivity index (χ1n) is 7.37. The van der Waals surface area contributed by atoms with Crippen molar-refractivity contribution in [3.8, 4) is 0 Å². The Hall–Kier alpha value is -2.50. The molecule has 2 amide bonds. The topological polar surface area (TPSA) is 61.4 Å². The van der Waals surface area contributed by atoms with E-state index in [1.165, 1.54) is 6.20 Å². The summed E-state index contributed by atoms with van der Waals surface area (Å²) < 4.78 is 0. The van der Waals surface area contributed by atoms with Crippen molar-refractivity contribution < 1.29 is 9.59 Å². The Morgan fingerprint density at radius 1 is 0.800 bits per heavy atom. The molecule has 5 nitrogen and oxygen atoms in total. The summed E-state index contributed by atoms with van der Waals surface area (Å²) in [6, 6.07) is 13.2. The molecule has 2 rings (SSSR count). The Balaban J connectivity index is 2.16. The molecule has 0 saturated heterocycles. The summed E-state index contributed by atoms with van der Waals surface area (Å²) in [7, 11) is 3.45. The van der Waals surface area contributed by atoms with Gasteiger partial charge in [0.2, 0.25) is 0 Å². The van der Waals surface area contributed by atoms with Gasteiger partial charge in [0.25, 0.3) is 11.8 Å². The van der Waals surface area contributed by atoms with Crippen LogP contribution < -0.4 is 10.6 Å². The number of nitrogens with zero attached hydrogens (tertiary/aromatic N) is 1. The lowest BCUT2D eigenvalue weighted by atomic mass is 10.2. The molecule has 2 aromatic carbocycles. The number of anilines is 2. The molecular formula is C18H17Cl2N3O2. The van der Waals surface area contributed by atoms with Crippen molar-refractivity contribution >= 4 is 46.4 Å². The standard InChI is InChI=1S/C18H17Cl2N3O2/c1-23(2)11-16(17(24)21-14-7-3-12(19)4-8-14)18(25)22-15-9-5-13(20)6-10-15/h3-11H,1-2H3,(H,21,24)(H,22,25). The summed E-state index contributed by atoms with van der Waals surface area (Å²) in [5.41, 5.74) is 1.05. The molecule has 2 aromatic rings. The highest BCUT2D eigenvalue weighted by Gasteiger charge is 2.19. The van der Waals surface area contributed by atoms with Gasteiger partial charge in [0.05, 0.1) is 0 Å². The van der Waals surface area contributed by atoms with Crippen LogP contribution in [0.25, 0.3) is 0 Å². The summed E-state index contributed by atoms with van der Waals surface area (Å²) in [6.07, 6.45) is 1.45. The van der Waals surface area contributed by atoms with E-state index in [-0.39, 0.29) is 5.57 Å². The predicted octanol–water partition coefficient (Wildman–Crippen LogP) is 4.02. The van der Waals surface area contributed by atoms with Crippen LogP contribution in [0.3, 0.4) is 0 Å². The van der Waals surface area contributed by atoms with Crippen LogP contribution in [0.4, 0.5) is 11.4 Å². The third kappa shape index (κ3) is 5.81. The van der Waals surface area contributed by atoms with Crippen LogP contribution in [-0.2, 0) is 9.59 Å². The highest BCUT2D eigenvalue weighted by Crippen LogP contribution is 2.16. The van der Waals surface area contributed by atoms with Gasteiger partial charge in [0.15, 0.2) is 0 Å². The molecule has 0 aromatic heterocycles. The van der Waals surface area contributed by atoms with Crippen molar-refractivity contribution in [1.29, 1.82) is 0 Å². The number of benzene rings is 2. The lowest BCUT2D eigenvalue weighted by molar-refractivity contribution is -0.118. The first kappa shape index (κ1) is 18.8. The number of hydrogen-bond donors (Lipinski definition) is 2. The molecule has 0 radical (unpaired) electrons. The number of hydrogen-bond acceptors (Lipinski definition) is 3. The minimum absolute atomic E-state index is 0.0325. The summed E-state index contributed by atoms with van der Waals surface area (Å²) in [5.74, 6) is -1.05. The fraction of sp³-hybridized carbons (Fsp3) is 0.111. The fourth-order valence-corrected chi connectivity index (χ4v) is 2.19. The number of nitrogens with one attached hydrogen (secondary N) is 2. The third-order valence-electron chi connectivity index (χ3n) is 3.08. The van der Waals surface area contributed by atoms with Crippen LogP contribution >= 0.6 is 23.2 Å². The molecule has 0 bridgehead atoms. The SMILES string of the molecule is CN(C)C=C(C(=O)Nc1ccc(Cl)cc1)C(=O)Nc1ccc(Cl)cc1. The average molecular weight is 378 g/mol. The van der Waals surface area contributed by atoms with Crippen LogP contribution in [0.2, 0.25) is 10.0 Å². The van der Waals surface area contributed by atoms with Gasteiger partial charge in [-0.15, -0.1) is 0 Å². The Bertz CT molecular complexity index is 723. The second kappa shape index (κ2) is 8.55. The Morgan fingerprint density at radius 2 is 1.16 bits per heavy atom. The summed E-state index contributed by atoms with van der Waals surface area (Å²) in [5, 5.41) is 6.47. The van der Waals surface area contributed by atoms with Crippen molar-refractivity contribution in [3.05, 3.63) is 70.3 Å². The van der Waals surface area contributed by atoms with E-state index in [1.54, 1.807) is 67.5 Å². The van der Waals surface area contributed by atoms with Gasteiger partial charge in [-0.1, -0.05) is 23.2 Å². The van der Waals surface area contributed by atoms with Gasteiger partial charge in [0.1, 0.15) is 5.57 Å². The van der Waals surface area contributed by atoms with Crippen LogP contribution in [0.5, 0.6) is 0 Å². The van der Waals surface area contributed by atoms with E-state index in [2.05, 4.69) is 10.6 Å². The summed E-state index contributed by atoms with van der Waals surface area (Å²) in [6.45, 7) is 0. The fourth-order valence-electron chi connectivity index (χ4n) is 1.94. The Kier molecular flexibility index (Phi) is 6.44. The molecule has 0 unspecified atom stereocenters. The zero-order valence-corrected chi connectivity index (χ0v) is 15.2. The van der Waals surface area contributed by atoms with E-state index in [1.807, 2.05) is 0 Å². The van der Waals surface area contributed by atoms with E-state index in [9.17, 15) is 9.59 Å². The number of amides is 2. The second-order valence-electron chi connectivity index (χ2n) is 5.43. The van der Waals surface area contributed by atoms with E-state index >= 15 is 0 Å². The molecule has 130 valence electrons. The van der Waals surface area contributed by atoms with Crippen LogP contribution in [0.15, 0.2) is 60.3 Å². The quantitative estimate of drug-likeness (QED) is 0.469. The first-order valence-corrected chi connectivity index (χ1v) is 8.13. The van der Waals surface area contributed by atoms with Gasteiger partial charge in [-0.3, -0.25) is 9.59 Å². The van der Waals surface area contributed by atoms with Gasteiger partial charge in [-0.25, -0.2) is 0 Å². The molecule has 0 atom stereocenters. The van der Waals surface area contributed by atoms with E-state index in [0.29, 0.717) is 21.4 Å². The molecule has 2 N–H and O–H groups in total. The van der Waals surface area contributed by atoms with Crippen molar-refractivity contribution in [3.63, 3.8) is 0 Å². The van der Waals surface area contributed by atoms with Gasteiger partial charge >= 0.3 is 0 Å². The molecule has 25 heavy (non-hydrogen) atoms. The Labute approximate surface area is 156 Å². The molecule has 0 spiro atoms. The van der Waals surface area contributed by atoms with Gasteiger partial charge in [-0.2, -0.15) is 0 Å². The summed E-state index contributed by atoms with van der Waals surface area (Å²) >= 11 is 11.7. The second-order valence-corrected chi connectivity index (χ2v) is 6.30.